The van der Waals surface area contributed by atoms with Crippen LogP contribution in [-0.2, 0) is 4.79 Å². The molecule has 0 bridgehead atoms. The van der Waals surface area contributed by atoms with Gasteiger partial charge < -0.3 is 5.11 Å². The van der Waals surface area contributed by atoms with E-state index in [1.807, 2.05) is 0 Å². The summed E-state index contributed by atoms with van der Waals surface area (Å²) in [4.78, 5) is 10.3. The van der Waals surface area contributed by atoms with Crippen LogP contribution in [0, 0.1) is 11.8 Å². The van der Waals surface area contributed by atoms with Gasteiger partial charge in [-0.3, -0.25) is 4.79 Å². The molecular formula is C18H26O2. The van der Waals surface area contributed by atoms with E-state index < -0.39 is 5.97 Å². The van der Waals surface area contributed by atoms with Crippen LogP contribution in [0.2, 0.25) is 0 Å². The standard InChI is InChI=1S/C18H26O2/c1-2-3-4-5-6-7-8-9-10-11-12-13-14-15-16-17-18(19)20/h3-4,6-7,9-10H,2,5,8,11,14-17H2,1H3,(H,19,20). The number of aliphatic carboxylic acids is 1. The van der Waals surface area contributed by atoms with Gasteiger partial charge >= 0.3 is 5.97 Å². The van der Waals surface area contributed by atoms with Crippen LogP contribution in [-0.4, -0.2) is 11.1 Å². The minimum absolute atomic E-state index is 0.251. The molecule has 20 heavy (non-hydrogen) atoms. The van der Waals surface area contributed by atoms with Crippen LogP contribution >= 0.6 is 0 Å². The molecule has 0 heterocycles. The van der Waals surface area contributed by atoms with Crippen molar-refractivity contribution in [2.75, 3.05) is 0 Å². The Hall–Kier alpha value is -1.75. The summed E-state index contributed by atoms with van der Waals surface area (Å²) in [6.45, 7) is 2.14. The molecule has 0 spiro atoms. The van der Waals surface area contributed by atoms with Crippen molar-refractivity contribution in [3.63, 3.8) is 0 Å². The van der Waals surface area contributed by atoms with Crippen molar-refractivity contribution in [2.24, 2.45) is 0 Å². The van der Waals surface area contributed by atoms with Crippen molar-refractivity contribution in [1.29, 1.82) is 0 Å². The molecule has 0 aliphatic carbocycles. The Labute approximate surface area is 123 Å². The zero-order valence-electron chi connectivity index (χ0n) is 12.5. The van der Waals surface area contributed by atoms with E-state index in [4.69, 9.17) is 5.11 Å². The van der Waals surface area contributed by atoms with Crippen LogP contribution in [0.25, 0.3) is 0 Å². The summed E-state index contributed by atoms with van der Waals surface area (Å²) < 4.78 is 0. The molecule has 0 saturated heterocycles. The number of allylic oxidation sites excluding steroid dienone is 6. The summed E-state index contributed by atoms with van der Waals surface area (Å²) in [5.74, 6) is 5.41. The molecule has 0 rings (SSSR count). The fraction of sp³-hybridized carbons (Fsp3) is 0.500. The first-order valence-electron chi connectivity index (χ1n) is 7.39. The van der Waals surface area contributed by atoms with Gasteiger partial charge in [0.2, 0.25) is 0 Å². The number of hydrogen-bond donors (Lipinski definition) is 1. The number of hydrogen-bond acceptors (Lipinski definition) is 1. The molecule has 0 unspecified atom stereocenters. The first-order chi connectivity index (χ1) is 9.77. The number of carboxylic acids is 1. The van der Waals surface area contributed by atoms with E-state index in [0.717, 1.165) is 44.9 Å². The van der Waals surface area contributed by atoms with Crippen LogP contribution in [0.4, 0.5) is 0 Å². The predicted molar refractivity (Wildman–Crippen MR) is 85.4 cm³/mol. The first kappa shape index (κ1) is 18.2. The molecular weight excluding hydrogens is 248 g/mol. The van der Waals surface area contributed by atoms with E-state index >= 15 is 0 Å². The van der Waals surface area contributed by atoms with Crippen molar-refractivity contribution >= 4 is 5.97 Å². The molecule has 0 radical (unpaired) electrons. The quantitative estimate of drug-likeness (QED) is 0.350. The van der Waals surface area contributed by atoms with Gasteiger partial charge in [0, 0.05) is 19.3 Å². The molecule has 0 aromatic heterocycles. The van der Waals surface area contributed by atoms with Gasteiger partial charge in [-0.2, -0.15) is 0 Å². The molecule has 1 N–H and O–H groups in total. The van der Waals surface area contributed by atoms with E-state index in [1.165, 1.54) is 0 Å². The maximum atomic E-state index is 10.3. The summed E-state index contributed by atoms with van der Waals surface area (Å²) in [5, 5.41) is 8.46. The van der Waals surface area contributed by atoms with Crippen LogP contribution < -0.4 is 0 Å². The highest BCUT2D eigenvalue weighted by Gasteiger charge is 1.93. The topological polar surface area (TPSA) is 37.3 Å². The van der Waals surface area contributed by atoms with Gasteiger partial charge in [-0.1, -0.05) is 49.3 Å². The van der Waals surface area contributed by atoms with Gasteiger partial charge in [0.15, 0.2) is 0 Å². The Bertz CT molecular complexity index is 378. The maximum absolute atomic E-state index is 10.3. The second-order valence-corrected chi connectivity index (χ2v) is 4.45. The average molecular weight is 274 g/mol. The minimum Gasteiger partial charge on any atom is -0.481 e. The lowest BCUT2D eigenvalue weighted by Gasteiger charge is -1.90. The largest absolute Gasteiger partial charge is 0.481 e. The Morgan fingerprint density at radius 3 is 2.25 bits per heavy atom. The molecule has 2 heteroatoms. The van der Waals surface area contributed by atoms with E-state index in [2.05, 4.69) is 55.2 Å². The molecule has 0 aliphatic heterocycles. The first-order valence-corrected chi connectivity index (χ1v) is 7.39. The summed E-state index contributed by atoms with van der Waals surface area (Å²) in [7, 11) is 0. The van der Waals surface area contributed by atoms with Crippen molar-refractivity contribution in [1.82, 2.24) is 0 Å². The van der Waals surface area contributed by atoms with Gasteiger partial charge in [0.05, 0.1) is 0 Å². The normalized spacial score (nSPS) is 11.2. The molecule has 0 amide bonds. The summed E-state index contributed by atoms with van der Waals surface area (Å²) in [6.07, 6.45) is 19.4. The SMILES string of the molecule is CCC=CCC=CCC=CCC#CCCCCC(=O)O. The highest BCUT2D eigenvalue weighted by atomic mass is 16.4. The van der Waals surface area contributed by atoms with E-state index in [9.17, 15) is 4.79 Å². The molecule has 110 valence electrons. The van der Waals surface area contributed by atoms with Crippen LogP contribution in [0.5, 0.6) is 0 Å². The highest BCUT2D eigenvalue weighted by molar-refractivity contribution is 5.66. The summed E-state index contributed by atoms with van der Waals surface area (Å²) in [5.41, 5.74) is 0. The number of rotatable bonds is 10. The van der Waals surface area contributed by atoms with Gasteiger partial charge in [-0.05, 0) is 32.1 Å². The average Bonchev–Trinajstić information content (AvgIpc) is 2.43. The summed E-state index contributed by atoms with van der Waals surface area (Å²) >= 11 is 0. The minimum atomic E-state index is -0.723. The van der Waals surface area contributed by atoms with Gasteiger partial charge in [0.25, 0.3) is 0 Å². The molecule has 0 saturated carbocycles. The molecule has 0 aromatic rings. The van der Waals surface area contributed by atoms with Crippen molar-refractivity contribution in [2.45, 2.75) is 58.3 Å². The van der Waals surface area contributed by atoms with Crippen LogP contribution in [0.1, 0.15) is 58.3 Å². The number of unbranched alkanes of at least 4 members (excludes halogenated alkanes) is 2. The fourth-order valence-electron chi connectivity index (χ4n) is 1.50. The zero-order chi connectivity index (χ0) is 14.9. The van der Waals surface area contributed by atoms with Crippen molar-refractivity contribution in [3.8, 4) is 11.8 Å². The lowest BCUT2D eigenvalue weighted by molar-refractivity contribution is -0.137. The zero-order valence-corrected chi connectivity index (χ0v) is 12.5. The third-order valence-electron chi connectivity index (χ3n) is 2.57. The third-order valence-corrected chi connectivity index (χ3v) is 2.57. The van der Waals surface area contributed by atoms with Gasteiger partial charge in [0.1, 0.15) is 0 Å². The van der Waals surface area contributed by atoms with Crippen molar-refractivity contribution in [3.05, 3.63) is 36.5 Å². The number of carbonyl (C=O) groups is 1. The van der Waals surface area contributed by atoms with Gasteiger partial charge in [-0.25, -0.2) is 0 Å². The Morgan fingerprint density at radius 1 is 0.950 bits per heavy atom. The van der Waals surface area contributed by atoms with Gasteiger partial charge in [-0.15, -0.1) is 5.92 Å². The lowest BCUT2D eigenvalue weighted by atomic mass is 10.2. The van der Waals surface area contributed by atoms with E-state index in [1.54, 1.807) is 0 Å². The molecule has 0 aromatic carbocycles. The predicted octanol–water partition coefficient (Wildman–Crippen LogP) is 4.88. The number of carboxylic acid groups (broad SMARTS) is 1. The molecule has 0 fully saturated rings. The molecule has 0 atom stereocenters. The summed E-state index contributed by atoms with van der Waals surface area (Å²) in [6, 6.07) is 0. The molecule has 0 aliphatic rings. The lowest BCUT2D eigenvalue weighted by Crippen LogP contribution is -1.92. The third kappa shape index (κ3) is 16.2. The van der Waals surface area contributed by atoms with E-state index in [0.29, 0.717) is 0 Å². The van der Waals surface area contributed by atoms with E-state index in [-0.39, 0.29) is 6.42 Å². The highest BCUT2D eigenvalue weighted by Crippen LogP contribution is 1.98. The monoisotopic (exact) mass is 274 g/mol. The van der Waals surface area contributed by atoms with Crippen LogP contribution in [0.15, 0.2) is 36.5 Å². The smallest absolute Gasteiger partial charge is 0.303 e. The van der Waals surface area contributed by atoms with Crippen LogP contribution in [0.3, 0.4) is 0 Å². The second-order valence-electron chi connectivity index (χ2n) is 4.45. The second kappa shape index (κ2) is 15.3. The Kier molecular flexibility index (Phi) is 14.0. The van der Waals surface area contributed by atoms with Crippen molar-refractivity contribution < 1.29 is 9.90 Å². The fourth-order valence-corrected chi connectivity index (χ4v) is 1.50. The maximum Gasteiger partial charge on any atom is 0.303 e. The Morgan fingerprint density at radius 2 is 1.60 bits per heavy atom. The molecule has 2 nitrogen and oxygen atoms in total. The Balaban J connectivity index is 3.43.